The first-order valence-electron chi connectivity index (χ1n) is 20.8. The summed E-state index contributed by atoms with van der Waals surface area (Å²) in [4.78, 5) is 2.44. The molecule has 59 heavy (non-hydrogen) atoms. The van der Waals surface area contributed by atoms with Crippen LogP contribution in [0.25, 0.3) is 44.2 Å². The number of hydrogen-bond acceptors (Lipinski definition) is 1. The molecule has 0 bridgehead atoms. The number of fused-ring (bicyclic) bond motifs is 4. The molecule has 0 saturated carbocycles. The zero-order valence-electron chi connectivity index (χ0n) is 34.0. The first-order chi connectivity index (χ1) is 28.8. The third kappa shape index (κ3) is 6.44. The van der Waals surface area contributed by atoms with E-state index < -0.39 is 0 Å². The van der Waals surface area contributed by atoms with Gasteiger partial charge in [-0.1, -0.05) is 190 Å². The van der Waals surface area contributed by atoms with Gasteiger partial charge in [0.1, 0.15) is 0 Å². The van der Waals surface area contributed by atoms with Gasteiger partial charge in [-0.2, -0.15) is 0 Å². The van der Waals surface area contributed by atoms with Crippen LogP contribution in [-0.4, -0.2) is 0 Å². The Morgan fingerprint density at radius 2 is 1.29 bits per heavy atom. The summed E-state index contributed by atoms with van der Waals surface area (Å²) in [5.74, 6) is 0.314. The van der Waals surface area contributed by atoms with Gasteiger partial charge in [-0.15, -0.1) is 0 Å². The van der Waals surface area contributed by atoms with E-state index in [1.165, 1.54) is 77.7 Å². The summed E-state index contributed by atoms with van der Waals surface area (Å²) in [5, 5.41) is 2.47. The third-order valence-corrected chi connectivity index (χ3v) is 12.7. The molecule has 0 N–H and O–H groups in total. The Bertz CT molecular complexity index is 2950. The lowest BCUT2D eigenvalue weighted by Gasteiger charge is -2.28. The van der Waals surface area contributed by atoms with E-state index in [1.54, 1.807) is 0 Å². The molecule has 0 aliphatic heterocycles. The molecule has 0 aromatic heterocycles. The van der Waals surface area contributed by atoms with Crippen LogP contribution in [-0.2, 0) is 5.41 Å². The smallest absolute Gasteiger partial charge is 0.0540 e. The maximum Gasteiger partial charge on any atom is 0.0540 e. The number of aryl methyl sites for hydroxylation is 1. The molecular formula is C58H47N. The van der Waals surface area contributed by atoms with Gasteiger partial charge in [-0.05, 0) is 121 Å². The Labute approximate surface area is 349 Å². The second kappa shape index (κ2) is 14.8. The lowest BCUT2D eigenvalue weighted by atomic mass is 9.82. The van der Waals surface area contributed by atoms with Gasteiger partial charge in [0.2, 0.25) is 0 Å². The van der Waals surface area contributed by atoms with Gasteiger partial charge in [0.25, 0.3) is 0 Å². The Balaban J connectivity index is 0.932. The highest BCUT2D eigenvalue weighted by Gasteiger charge is 2.35. The molecule has 284 valence electrons. The molecule has 0 spiro atoms. The quantitative estimate of drug-likeness (QED) is 0.149. The van der Waals surface area contributed by atoms with Crippen molar-refractivity contribution in [1.29, 1.82) is 0 Å². The number of benzene rings is 8. The first kappa shape index (κ1) is 36.4. The molecule has 1 atom stereocenters. The van der Waals surface area contributed by atoms with E-state index in [1.807, 2.05) is 0 Å². The fourth-order valence-electron chi connectivity index (χ4n) is 9.55. The van der Waals surface area contributed by atoms with Crippen molar-refractivity contribution in [2.45, 2.75) is 38.5 Å². The van der Waals surface area contributed by atoms with Crippen LogP contribution in [0.5, 0.6) is 0 Å². The van der Waals surface area contributed by atoms with Crippen LogP contribution >= 0.6 is 0 Å². The van der Waals surface area contributed by atoms with Crippen molar-refractivity contribution in [2.24, 2.45) is 0 Å². The van der Waals surface area contributed by atoms with Crippen molar-refractivity contribution in [3.8, 4) is 22.3 Å². The fourth-order valence-corrected chi connectivity index (χ4v) is 9.55. The summed E-state index contributed by atoms with van der Waals surface area (Å²) in [7, 11) is 0. The summed E-state index contributed by atoms with van der Waals surface area (Å²) in [6.45, 7) is 11.4. The van der Waals surface area contributed by atoms with E-state index in [-0.39, 0.29) is 5.41 Å². The highest BCUT2D eigenvalue weighted by Crippen LogP contribution is 2.51. The molecule has 1 nitrogen and oxygen atoms in total. The number of anilines is 3. The summed E-state index contributed by atoms with van der Waals surface area (Å²) in [6, 6.07) is 66.6. The lowest BCUT2D eigenvalue weighted by Crippen LogP contribution is -2.15. The van der Waals surface area contributed by atoms with Gasteiger partial charge in [0.15, 0.2) is 0 Å². The van der Waals surface area contributed by atoms with E-state index in [2.05, 4.69) is 232 Å². The molecule has 0 radical (unpaired) electrons. The predicted octanol–water partition coefficient (Wildman–Crippen LogP) is 15.8. The molecule has 2 aliphatic carbocycles. The van der Waals surface area contributed by atoms with Crippen molar-refractivity contribution in [3.63, 3.8) is 0 Å². The molecule has 0 amide bonds. The van der Waals surface area contributed by atoms with Crippen molar-refractivity contribution < 1.29 is 0 Å². The summed E-state index contributed by atoms with van der Waals surface area (Å²) >= 11 is 0. The van der Waals surface area contributed by atoms with Crippen LogP contribution in [0, 0.1) is 6.92 Å². The predicted molar refractivity (Wildman–Crippen MR) is 252 cm³/mol. The maximum atomic E-state index is 4.49. The van der Waals surface area contributed by atoms with Gasteiger partial charge in [0, 0.05) is 28.1 Å². The van der Waals surface area contributed by atoms with Gasteiger partial charge in [-0.3, -0.25) is 0 Å². The number of nitrogens with zero attached hydrogens (tertiary/aromatic N) is 1. The Morgan fingerprint density at radius 1 is 0.593 bits per heavy atom. The monoisotopic (exact) mass is 757 g/mol. The average Bonchev–Trinajstić information content (AvgIpc) is 3.52. The first-order valence-corrected chi connectivity index (χ1v) is 20.8. The zero-order chi connectivity index (χ0) is 40.1. The van der Waals surface area contributed by atoms with Gasteiger partial charge in [0.05, 0.1) is 5.69 Å². The van der Waals surface area contributed by atoms with E-state index in [9.17, 15) is 0 Å². The molecule has 8 aromatic carbocycles. The van der Waals surface area contributed by atoms with Crippen molar-refractivity contribution in [1.82, 2.24) is 0 Å². The van der Waals surface area contributed by atoms with Gasteiger partial charge in [-0.25, -0.2) is 0 Å². The Kier molecular flexibility index (Phi) is 9.11. The minimum Gasteiger partial charge on any atom is -0.310 e. The maximum absolute atomic E-state index is 4.49. The van der Waals surface area contributed by atoms with E-state index >= 15 is 0 Å². The molecule has 8 aromatic rings. The second-order valence-electron chi connectivity index (χ2n) is 16.6. The third-order valence-electron chi connectivity index (χ3n) is 12.7. The number of allylic oxidation sites excluding steroid dienone is 4. The normalized spacial score (nSPS) is 15.0. The molecule has 0 fully saturated rings. The van der Waals surface area contributed by atoms with Crippen LogP contribution in [0.1, 0.15) is 65.1 Å². The molecule has 2 aliphatic rings. The summed E-state index contributed by atoms with van der Waals surface area (Å²) in [5.41, 5.74) is 19.8. The highest BCUT2D eigenvalue weighted by atomic mass is 15.1. The highest BCUT2D eigenvalue weighted by molar-refractivity contribution is 5.99. The van der Waals surface area contributed by atoms with Crippen LogP contribution < -0.4 is 4.90 Å². The van der Waals surface area contributed by atoms with Crippen molar-refractivity contribution in [3.05, 3.63) is 246 Å². The van der Waals surface area contributed by atoms with Crippen molar-refractivity contribution >= 4 is 39.0 Å². The Morgan fingerprint density at radius 3 is 2.08 bits per heavy atom. The van der Waals surface area contributed by atoms with Gasteiger partial charge < -0.3 is 4.90 Å². The van der Waals surface area contributed by atoms with Gasteiger partial charge >= 0.3 is 0 Å². The van der Waals surface area contributed by atoms with Crippen LogP contribution in [0.3, 0.4) is 0 Å². The number of hydrogen-bond donors (Lipinski definition) is 0. The largest absolute Gasteiger partial charge is 0.310 e. The van der Waals surface area contributed by atoms with E-state index in [4.69, 9.17) is 0 Å². The summed E-state index contributed by atoms with van der Waals surface area (Å²) < 4.78 is 0. The topological polar surface area (TPSA) is 3.24 Å². The molecule has 0 saturated heterocycles. The zero-order valence-corrected chi connectivity index (χ0v) is 34.0. The lowest BCUT2D eigenvalue weighted by molar-refractivity contribution is 0.660. The number of rotatable bonds is 8. The van der Waals surface area contributed by atoms with Crippen LogP contribution in [0.15, 0.2) is 207 Å². The van der Waals surface area contributed by atoms with Crippen LogP contribution in [0.4, 0.5) is 17.1 Å². The van der Waals surface area contributed by atoms with E-state index in [0.29, 0.717) is 5.92 Å². The second-order valence-corrected chi connectivity index (χ2v) is 16.6. The standard InChI is InChI=1S/C58H47N/c1-39-37-46(31-35-49(39)52-21-11-10-19-50(52)40(2)41-15-6-5-7-16-41)44-27-25-42(26-28-44)43-29-32-47(33-30-43)59(57-24-14-18-45-17-8-9-20-51(45)57)48-34-36-56-54(38-48)53-22-12-13-23-55(53)58(56,3)4/h5-25,27-38,42H,2,26H2,1,3-4H3. The average molecular weight is 758 g/mol. The molecule has 10 rings (SSSR count). The molecule has 1 unspecified atom stereocenters. The molecule has 0 heterocycles. The van der Waals surface area contributed by atoms with E-state index in [0.717, 1.165) is 28.9 Å². The SMILES string of the molecule is C=C(c1ccccc1)c1ccccc1-c1ccc(C2=CCC(c3ccc(N(c4ccc5c(c4)-c4ccccc4C5(C)C)c4cccc5ccccc45)cc3)C=C2)cc1C. The fraction of sp³-hybridized carbons (Fsp3) is 0.103. The Hall–Kier alpha value is -6.96. The molecular weight excluding hydrogens is 711 g/mol. The molecule has 1 heteroatoms. The van der Waals surface area contributed by atoms with Crippen LogP contribution in [0.2, 0.25) is 0 Å². The summed E-state index contributed by atoms with van der Waals surface area (Å²) in [6.07, 6.45) is 8.06. The van der Waals surface area contributed by atoms with Crippen molar-refractivity contribution in [2.75, 3.05) is 4.90 Å². The minimum absolute atomic E-state index is 0.0364. The minimum atomic E-state index is -0.0364.